The summed E-state index contributed by atoms with van der Waals surface area (Å²) in [6, 6.07) is 14.0. The second-order valence-corrected chi connectivity index (χ2v) is 8.27. The van der Waals surface area contributed by atoms with Crippen LogP contribution in [-0.2, 0) is 24.2 Å². The van der Waals surface area contributed by atoms with Crippen molar-refractivity contribution >= 4 is 5.97 Å². The molecule has 176 valence electrons. The first kappa shape index (κ1) is 24.3. The van der Waals surface area contributed by atoms with Gasteiger partial charge in [-0.15, -0.1) is 0 Å². The Bertz CT molecular complexity index is 1020. The Morgan fingerprint density at radius 1 is 1.09 bits per heavy atom. The third-order valence-corrected chi connectivity index (χ3v) is 5.91. The van der Waals surface area contributed by atoms with Crippen LogP contribution in [0.15, 0.2) is 54.9 Å². The predicted octanol–water partition coefficient (Wildman–Crippen LogP) is 4.21. The molecule has 0 radical (unpaired) electrons. The standard InChI is InChI=1S/C26H32N2O5/c1-18-23(32-2)13-22(14-24(18)33-3)26(31)21(11-7-10-19-8-5-4-6-9-19)17-28-16-20(15-27-28)12-25(29)30/h4-6,8-9,13-16,21,26,31H,7,10-12,17H2,1-3H3,(H,29,30)/t21-,26-/m0/s1. The summed E-state index contributed by atoms with van der Waals surface area (Å²) in [5.74, 6) is 0.291. The van der Waals surface area contributed by atoms with E-state index in [1.54, 1.807) is 31.3 Å². The molecule has 0 aliphatic rings. The van der Waals surface area contributed by atoms with Crippen molar-refractivity contribution in [2.24, 2.45) is 5.92 Å². The lowest BCUT2D eigenvalue weighted by molar-refractivity contribution is -0.136. The Morgan fingerprint density at radius 3 is 2.36 bits per heavy atom. The number of carbonyl (C=O) groups is 1. The molecular weight excluding hydrogens is 420 g/mol. The molecule has 0 fully saturated rings. The van der Waals surface area contributed by atoms with Crippen LogP contribution < -0.4 is 9.47 Å². The summed E-state index contributed by atoms with van der Waals surface area (Å²) >= 11 is 0. The quantitative estimate of drug-likeness (QED) is 0.428. The summed E-state index contributed by atoms with van der Waals surface area (Å²) in [6.07, 6.45) is 5.04. The third-order valence-electron chi connectivity index (χ3n) is 5.91. The zero-order valence-corrected chi connectivity index (χ0v) is 19.4. The largest absolute Gasteiger partial charge is 0.496 e. The predicted molar refractivity (Wildman–Crippen MR) is 126 cm³/mol. The Hall–Kier alpha value is -3.32. The zero-order chi connectivity index (χ0) is 23.8. The van der Waals surface area contributed by atoms with Crippen LogP contribution in [0.2, 0.25) is 0 Å². The number of aliphatic carboxylic acids is 1. The van der Waals surface area contributed by atoms with Crippen molar-refractivity contribution in [3.8, 4) is 11.5 Å². The highest BCUT2D eigenvalue weighted by Crippen LogP contribution is 2.36. The van der Waals surface area contributed by atoms with Crippen molar-refractivity contribution in [3.05, 3.63) is 77.1 Å². The third kappa shape index (κ3) is 6.58. The number of methoxy groups -OCH3 is 2. The monoisotopic (exact) mass is 452 g/mol. The summed E-state index contributed by atoms with van der Waals surface area (Å²) in [7, 11) is 3.20. The first-order valence-electron chi connectivity index (χ1n) is 11.1. The van der Waals surface area contributed by atoms with Gasteiger partial charge in [-0.25, -0.2) is 0 Å². The summed E-state index contributed by atoms with van der Waals surface area (Å²) in [4.78, 5) is 11.0. The Kier molecular flexibility index (Phi) is 8.49. The smallest absolute Gasteiger partial charge is 0.307 e. The molecule has 0 aliphatic heterocycles. The van der Waals surface area contributed by atoms with Gasteiger partial charge in [0.15, 0.2) is 0 Å². The van der Waals surface area contributed by atoms with E-state index in [1.807, 2.05) is 37.3 Å². The van der Waals surface area contributed by atoms with E-state index in [-0.39, 0.29) is 12.3 Å². The maximum Gasteiger partial charge on any atom is 0.307 e. The van der Waals surface area contributed by atoms with E-state index in [4.69, 9.17) is 14.6 Å². The van der Waals surface area contributed by atoms with Gasteiger partial charge >= 0.3 is 5.97 Å². The topological polar surface area (TPSA) is 93.8 Å². The molecule has 7 heteroatoms. The highest BCUT2D eigenvalue weighted by atomic mass is 16.5. The van der Waals surface area contributed by atoms with E-state index in [0.29, 0.717) is 23.6 Å². The first-order valence-corrected chi connectivity index (χ1v) is 11.1. The number of ether oxygens (including phenoxy) is 2. The number of carboxylic acids is 1. The van der Waals surface area contributed by atoms with Crippen LogP contribution in [0.25, 0.3) is 0 Å². The molecule has 0 amide bonds. The molecule has 1 aromatic heterocycles. The van der Waals surface area contributed by atoms with Crippen molar-refractivity contribution in [3.63, 3.8) is 0 Å². The Balaban J connectivity index is 1.81. The van der Waals surface area contributed by atoms with E-state index >= 15 is 0 Å². The number of aliphatic hydroxyl groups excluding tert-OH is 1. The summed E-state index contributed by atoms with van der Waals surface area (Å²) in [5.41, 5.74) is 3.49. The molecule has 0 unspecified atom stereocenters. The highest BCUT2D eigenvalue weighted by molar-refractivity contribution is 5.69. The average Bonchev–Trinajstić information content (AvgIpc) is 3.24. The Morgan fingerprint density at radius 2 is 1.76 bits per heavy atom. The van der Waals surface area contributed by atoms with Crippen LogP contribution in [0, 0.1) is 12.8 Å². The normalized spacial score (nSPS) is 12.8. The molecule has 0 aliphatic carbocycles. The number of hydrogen-bond acceptors (Lipinski definition) is 5. The van der Waals surface area contributed by atoms with Crippen LogP contribution >= 0.6 is 0 Å². The number of carboxylic acid groups (broad SMARTS) is 1. The van der Waals surface area contributed by atoms with Crippen molar-refractivity contribution in [1.29, 1.82) is 0 Å². The van der Waals surface area contributed by atoms with E-state index in [1.165, 1.54) is 5.56 Å². The van der Waals surface area contributed by atoms with Gasteiger partial charge in [0.1, 0.15) is 11.5 Å². The second-order valence-electron chi connectivity index (χ2n) is 8.27. The molecule has 3 aromatic rings. The van der Waals surface area contributed by atoms with Crippen molar-refractivity contribution in [1.82, 2.24) is 9.78 Å². The van der Waals surface area contributed by atoms with E-state index < -0.39 is 12.1 Å². The van der Waals surface area contributed by atoms with Gasteiger partial charge < -0.3 is 19.7 Å². The van der Waals surface area contributed by atoms with Gasteiger partial charge in [-0.3, -0.25) is 9.48 Å². The van der Waals surface area contributed by atoms with Crippen LogP contribution in [0.1, 0.15) is 41.2 Å². The van der Waals surface area contributed by atoms with Crippen LogP contribution in [0.4, 0.5) is 0 Å². The highest BCUT2D eigenvalue weighted by Gasteiger charge is 2.24. The fourth-order valence-corrected chi connectivity index (χ4v) is 4.12. The number of aromatic nitrogens is 2. The van der Waals surface area contributed by atoms with Crippen molar-refractivity contribution in [2.45, 2.75) is 45.3 Å². The van der Waals surface area contributed by atoms with Crippen LogP contribution in [0.3, 0.4) is 0 Å². The van der Waals surface area contributed by atoms with E-state index in [9.17, 15) is 9.90 Å². The minimum atomic E-state index is -0.896. The average molecular weight is 453 g/mol. The molecule has 0 bridgehead atoms. The minimum Gasteiger partial charge on any atom is -0.496 e. The first-order chi connectivity index (χ1) is 15.9. The zero-order valence-electron chi connectivity index (χ0n) is 19.4. The molecule has 1 heterocycles. The van der Waals surface area contributed by atoms with Gasteiger partial charge in [-0.2, -0.15) is 5.10 Å². The fourth-order valence-electron chi connectivity index (χ4n) is 4.12. The molecule has 0 spiro atoms. The van der Waals surface area contributed by atoms with Crippen LogP contribution in [0.5, 0.6) is 11.5 Å². The number of aryl methyl sites for hydroxylation is 1. The molecule has 33 heavy (non-hydrogen) atoms. The number of rotatable bonds is 12. The maximum absolute atomic E-state index is 11.4. The number of nitrogens with zero attached hydrogens (tertiary/aromatic N) is 2. The summed E-state index contributed by atoms with van der Waals surface area (Å²) in [5, 5.41) is 24.7. The lowest BCUT2D eigenvalue weighted by Crippen LogP contribution is -2.20. The van der Waals surface area contributed by atoms with E-state index in [0.717, 1.165) is 30.4 Å². The lowest BCUT2D eigenvalue weighted by atomic mass is 9.89. The second kappa shape index (κ2) is 11.5. The van der Waals surface area contributed by atoms with Gasteiger partial charge in [0.05, 0.1) is 32.9 Å². The molecule has 2 aromatic carbocycles. The molecule has 2 atom stereocenters. The van der Waals surface area contributed by atoms with Gasteiger partial charge in [0.25, 0.3) is 0 Å². The molecule has 0 saturated carbocycles. The van der Waals surface area contributed by atoms with Gasteiger partial charge in [-0.1, -0.05) is 30.3 Å². The fraction of sp³-hybridized carbons (Fsp3) is 0.385. The van der Waals surface area contributed by atoms with Crippen molar-refractivity contribution < 1.29 is 24.5 Å². The molecule has 3 rings (SSSR count). The molecule has 2 N–H and O–H groups in total. The van der Waals surface area contributed by atoms with E-state index in [2.05, 4.69) is 17.2 Å². The summed E-state index contributed by atoms with van der Waals surface area (Å²) < 4.78 is 12.7. The molecular formula is C26H32N2O5. The Labute approximate surface area is 194 Å². The molecule has 7 nitrogen and oxygen atoms in total. The maximum atomic E-state index is 11.4. The van der Waals surface area contributed by atoms with Gasteiger partial charge in [0.2, 0.25) is 0 Å². The van der Waals surface area contributed by atoms with Crippen LogP contribution in [-0.4, -0.2) is 40.2 Å². The lowest BCUT2D eigenvalue weighted by Gasteiger charge is -2.25. The SMILES string of the molecule is COc1cc([C@@H](O)[C@@H](CCCc2ccccc2)Cn2cc(CC(=O)O)cn2)cc(OC)c1C. The number of hydrogen-bond donors (Lipinski definition) is 2. The summed E-state index contributed by atoms with van der Waals surface area (Å²) in [6.45, 7) is 2.38. The van der Waals surface area contributed by atoms with Gasteiger partial charge in [0, 0.05) is 29.8 Å². The minimum absolute atomic E-state index is 0.0758. The van der Waals surface area contributed by atoms with Gasteiger partial charge in [-0.05, 0) is 49.4 Å². The molecule has 0 saturated heterocycles. The van der Waals surface area contributed by atoms with Crippen molar-refractivity contribution in [2.75, 3.05) is 14.2 Å². The number of aliphatic hydroxyl groups is 1. The number of benzene rings is 2.